The van der Waals surface area contributed by atoms with Gasteiger partial charge in [-0.15, -0.1) is 0 Å². The molecule has 1 saturated heterocycles. The molecule has 3 nitrogen and oxygen atoms in total. The summed E-state index contributed by atoms with van der Waals surface area (Å²) in [5, 5.41) is 0. The number of rotatable bonds is 6. The summed E-state index contributed by atoms with van der Waals surface area (Å²) >= 11 is 0. The van der Waals surface area contributed by atoms with Crippen LogP contribution < -0.4 is 9.47 Å². The molecule has 1 aromatic carbocycles. The van der Waals surface area contributed by atoms with Gasteiger partial charge in [-0.2, -0.15) is 0 Å². The zero-order valence-corrected chi connectivity index (χ0v) is 9.22. The van der Waals surface area contributed by atoms with Crippen molar-refractivity contribution in [3.8, 4) is 11.5 Å². The molecule has 2 fully saturated rings. The first-order valence-electron chi connectivity index (χ1n) is 5.88. The summed E-state index contributed by atoms with van der Waals surface area (Å²) in [4.78, 5) is 0. The molecule has 1 aliphatic carbocycles. The van der Waals surface area contributed by atoms with E-state index >= 15 is 0 Å². The summed E-state index contributed by atoms with van der Waals surface area (Å²) in [5.74, 6) is 2.45. The third-order valence-corrected chi connectivity index (χ3v) is 2.85. The first-order valence-corrected chi connectivity index (χ1v) is 5.88. The molecular formula is C13H16O3. The highest BCUT2D eigenvalue weighted by atomic mass is 16.6. The van der Waals surface area contributed by atoms with Crippen LogP contribution in [0.1, 0.15) is 12.8 Å². The molecule has 1 atom stereocenters. The van der Waals surface area contributed by atoms with Crippen LogP contribution in [0.25, 0.3) is 0 Å². The molecule has 0 radical (unpaired) electrons. The second-order valence-electron chi connectivity index (χ2n) is 4.47. The van der Waals surface area contributed by atoms with Gasteiger partial charge >= 0.3 is 0 Å². The molecule has 3 rings (SSSR count). The number of epoxide rings is 1. The van der Waals surface area contributed by atoms with Crippen LogP contribution in [0.15, 0.2) is 24.3 Å². The lowest BCUT2D eigenvalue weighted by molar-refractivity contribution is 0.237. The molecule has 3 heteroatoms. The predicted molar refractivity (Wildman–Crippen MR) is 59.9 cm³/mol. The molecule has 0 N–H and O–H groups in total. The van der Waals surface area contributed by atoms with Crippen LogP contribution in [0.4, 0.5) is 0 Å². The highest BCUT2D eigenvalue weighted by Crippen LogP contribution is 2.32. The van der Waals surface area contributed by atoms with Gasteiger partial charge in [0.15, 0.2) is 11.5 Å². The Labute approximate surface area is 95.3 Å². The lowest BCUT2D eigenvalue weighted by atomic mass is 10.3. The maximum absolute atomic E-state index is 5.75. The van der Waals surface area contributed by atoms with Crippen molar-refractivity contribution in [2.75, 3.05) is 19.8 Å². The van der Waals surface area contributed by atoms with E-state index < -0.39 is 0 Å². The minimum atomic E-state index is 0.288. The van der Waals surface area contributed by atoms with Crippen molar-refractivity contribution < 1.29 is 14.2 Å². The summed E-state index contributed by atoms with van der Waals surface area (Å²) in [5.41, 5.74) is 0. The van der Waals surface area contributed by atoms with Crippen molar-refractivity contribution in [3.05, 3.63) is 24.3 Å². The van der Waals surface area contributed by atoms with E-state index in [1.807, 2.05) is 24.3 Å². The van der Waals surface area contributed by atoms with E-state index in [2.05, 4.69) is 0 Å². The van der Waals surface area contributed by atoms with Crippen molar-refractivity contribution in [1.29, 1.82) is 0 Å². The van der Waals surface area contributed by atoms with Crippen LogP contribution >= 0.6 is 0 Å². The van der Waals surface area contributed by atoms with Crippen LogP contribution in [0, 0.1) is 5.92 Å². The SMILES string of the molecule is c1ccc(OC[C@H]2CO2)c(OCC2CC2)c1. The van der Waals surface area contributed by atoms with Crippen LogP contribution in [0.2, 0.25) is 0 Å². The van der Waals surface area contributed by atoms with Gasteiger partial charge in [0.1, 0.15) is 12.7 Å². The molecule has 1 aromatic rings. The Hall–Kier alpha value is -1.22. The second-order valence-corrected chi connectivity index (χ2v) is 4.47. The molecule has 1 saturated carbocycles. The normalized spacial score (nSPS) is 22.9. The molecule has 16 heavy (non-hydrogen) atoms. The zero-order valence-electron chi connectivity index (χ0n) is 9.22. The van der Waals surface area contributed by atoms with Gasteiger partial charge in [-0.3, -0.25) is 0 Å². The molecule has 0 bridgehead atoms. The van der Waals surface area contributed by atoms with Crippen LogP contribution in [-0.2, 0) is 4.74 Å². The maximum Gasteiger partial charge on any atom is 0.161 e. The Balaban J connectivity index is 1.58. The molecule has 86 valence electrons. The quantitative estimate of drug-likeness (QED) is 0.689. The Kier molecular flexibility index (Phi) is 2.70. The highest BCUT2D eigenvalue weighted by Gasteiger charge is 2.24. The van der Waals surface area contributed by atoms with Crippen molar-refractivity contribution >= 4 is 0 Å². The largest absolute Gasteiger partial charge is 0.489 e. The minimum absolute atomic E-state index is 0.288. The first kappa shape index (κ1) is 9.97. The summed E-state index contributed by atoms with van der Waals surface area (Å²) in [6.07, 6.45) is 2.90. The number of ether oxygens (including phenoxy) is 3. The summed E-state index contributed by atoms with van der Waals surface area (Å²) in [6, 6.07) is 7.85. The third-order valence-electron chi connectivity index (χ3n) is 2.85. The van der Waals surface area contributed by atoms with Crippen LogP contribution in [0.5, 0.6) is 11.5 Å². The average Bonchev–Trinajstić information content (AvgIpc) is 3.17. The first-order chi connectivity index (χ1) is 7.92. The number of benzene rings is 1. The van der Waals surface area contributed by atoms with Crippen molar-refractivity contribution in [2.45, 2.75) is 18.9 Å². The fourth-order valence-electron chi connectivity index (χ4n) is 1.53. The van der Waals surface area contributed by atoms with Gasteiger partial charge in [-0.05, 0) is 30.9 Å². The zero-order chi connectivity index (χ0) is 10.8. The fraction of sp³-hybridized carbons (Fsp3) is 0.538. The molecular weight excluding hydrogens is 204 g/mol. The minimum Gasteiger partial charge on any atom is -0.489 e. The Morgan fingerprint density at radius 1 is 1.06 bits per heavy atom. The van der Waals surface area contributed by atoms with Crippen molar-refractivity contribution in [1.82, 2.24) is 0 Å². The molecule has 2 aliphatic rings. The Morgan fingerprint density at radius 2 is 1.69 bits per heavy atom. The molecule has 0 amide bonds. The van der Waals surface area contributed by atoms with Gasteiger partial charge < -0.3 is 14.2 Å². The van der Waals surface area contributed by atoms with Gasteiger partial charge in [0.25, 0.3) is 0 Å². The topological polar surface area (TPSA) is 31.0 Å². The molecule has 1 aliphatic heterocycles. The summed E-state index contributed by atoms with van der Waals surface area (Å²) in [6.45, 7) is 2.27. The van der Waals surface area contributed by atoms with Crippen molar-refractivity contribution in [2.24, 2.45) is 5.92 Å². The average molecular weight is 220 g/mol. The summed E-state index contributed by atoms with van der Waals surface area (Å²) < 4.78 is 16.5. The van der Waals surface area contributed by atoms with Gasteiger partial charge in [0.05, 0.1) is 13.2 Å². The van der Waals surface area contributed by atoms with Gasteiger partial charge in [-0.1, -0.05) is 12.1 Å². The van der Waals surface area contributed by atoms with Gasteiger partial charge in [0.2, 0.25) is 0 Å². The monoisotopic (exact) mass is 220 g/mol. The summed E-state index contributed by atoms with van der Waals surface area (Å²) in [7, 11) is 0. The Morgan fingerprint density at radius 3 is 2.25 bits per heavy atom. The number of hydrogen-bond donors (Lipinski definition) is 0. The molecule has 0 aromatic heterocycles. The second kappa shape index (κ2) is 4.34. The maximum atomic E-state index is 5.75. The highest BCUT2D eigenvalue weighted by molar-refractivity contribution is 5.39. The van der Waals surface area contributed by atoms with E-state index in [4.69, 9.17) is 14.2 Å². The van der Waals surface area contributed by atoms with Gasteiger partial charge in [-0.25, -0.2) is 0 Å². The smallest absolute Gasteiger partial charge is 0.161 e. The van der Waals surface area contributed by atoms with E-state index in [9.17, 15) is 0 Å². The van der Waals surface area contributed by atoms with Crippen LogP contribution in [-0.4, -0.2) is 25.9 Å². The number of para-hydroxylation sites is 2. The van der Waals surface area contributed by atoms with E-state index in [-0.39, 0.29) is 6.10 Å². The molecule has 0 spiro atoms. The standard InChI is InChI=1S/C13H16O3/c1-2-4-13(16-9-11-8-14-11)12(3-1)15-7-10-5-6-10/h1-4,10-11H,5-9H2/t11-/m1/s1. The molecule has 1 heterocycles. The predicted octanol–water partition coefficient (Wildman–Crippen LogP) is 2.25. The van der Waals surface area contributed by atoms with E-state index in [0.717, 1.165) is 30.6 Å². The molecule has 0 unspecified atom stereocenters. The van der Waals surface area contributed by atoms with Crippen molar-refractivity contribution in [3.63, 3.8) is 0 Å². The van der Waals surface area contributed by atoms with E-state index in [1.165, 1.54) is 12.8 Å². The Bertz CT molecular complexity index is 321. The lowest BCUT2D eigenvalue weighted by Gasteiger charge is -2.11. The third kappa shape index (κ3) is 2.67. The van der Waals surface area contributed by atoms with E-state index in [0.29, 0.717) is 6.61 Å². The van der Waals surface area contributed by atoms with Crippen LogP contribution in [0.3, 0.4) is 0 Å². The van der Waals surface area contributed by atoms with Gasteiger partial charge in [0, 0.05) is 0 Å². The number of hydrogen-bond acceptors (Lipinski definition) is 3. The lowest BCUT2D eigenvalue weighted by Crippen LogP contribution is -2.06. The van der Waals surface area contributed by atoms with E-state index in [1.54, 1.807) is 0 Å². The fourth-order valence-corrected chi connectivity index (χ4v) is 1.53.